The van der Waals surface area contributed by atoms with Crippen LogP contribution in [0.5, 0.6) is 11.5 Å². The van der Waals surface area contributed by atoms with E-state index in [0.29, 0.717) is 11.5 Å². The SMILES string of the molecule is COc1ccc(C(O)C(=O)[O-])cc1.COc1ccc(C(O)C(=O)[O-])cc1.[Ca+2]. The monoisotopic (exact) mass is 402 g/mol. The Morgan fingerprint density at radius 2 is 1.00 bits per heavy atom. The number of carbonyl (C=O) groups excluding carboxylic acids is 2. The Morgan fingerprint density at radius 1 is 0.741 bits per heavy atom. The van der Waals surface area contributed by atoms with Gasteiger partial charge in [0, 0.05) is 0 Å². The minimum Gasteiger partial charge on any atom is -0.547 e. The molecule has 2 atom stereocenters. The van der Waals surface area contributed by atoms with Crippen molar-refractivity contribution < 1.29 is 39.5 Å². The number of rotatable bonds is 6. The maximum absolute atomic E-state index is 10.3. The molecule has 0 radical (unpaired) electrons. The second kappa shape index (κ2) is 12.5. The summed E-state index contributed by atoms with van der Waals surface area (Å²) in [6.07, 6.45) is -3.16. The molecule has 0 spiro atoms. The second-order valence-corrected chi connectivity index (χ2v) is 4.99. The Bertz CT molecular complexity index is 652. The molecule has 27 heavy (non-hydrogen) atoms. The number of aliphatic carboxylic acids is 2. The third kappa shape index (κ3) is 8.15. The third-order valence-electron chi connectivity index (χ3n) is 3.31. The van der Waals surface area contributed by atoms with E-state index in [1.807, 2.05) is 0 Å². The van der Waals surface area contributed by atoms with Crippen molar-refractivity contribution >= 4 is 49.7 Å². The number of carboxylic acid groups (broad SMARTS) is 2. The zero-order valence-electron chi connectivity index (χ0n) is 14.8. The van der Waals surface area contributed by atoms with Crippen molar-refractivity contribution in [2.24, 2.45) is 0 Å². The van der Waals surface area contributed by atoms with E-state index in [4.69, 9.17) is 19.7 Å². The van der Waals surface area contributed by atoms with Gasteiger partial charge in [0.15, 0.2) is 0 Å². The van der Waals surface area contributed by atoms with Crippen LogP contribution >= 0.6 is 0 Å². The number of carbonyl (C=O) groups is 2. The number of benzene rings is 2. The Balaban J connectivity index is 0.000000483. The maximum atomic E-state index is 10.3. The van der Waals surface area contributed by atoms with Crippen molar-refractivity contribution in [2.75, 3.05) is 14.2 Å². The first-order chi connectivity index (χ1) is 12.3. The molecule has 0 saturated carbocycles. The summed E-state index contributed by atoms with van der Waals surface area (Å²) in [6, 6.07) is 12.2. The van der Waals surface area contributed by atoms with Crippen molar-refractivity contribution in [3.05, 3.63) is 59.7 Å². The van der Waals surface area contributed by atoms with Crippen LogP contribution in [-0.2, 0) is 9.59 Å². The average Bonchev–Trinajstić information content (AvgIpc) is 2.67. The van der Waals surface area contributed by atoms with Gasteiger partial charge in [-0.15, -0.1) is 0 Å². The minimum atomic E-state index is -1.58. The molecule has 0 fully saturated rings. The Hall–Kier alpha value is -1.84. The molecule has 0 saturated heterocycles. The first kappa shape index (κ1) is 25.2. The molecule has 0 aromatic heterocycles. The minimum absolute atomic E-state index is 0. The molecule has 0 bridgehead atoms. The molecule has 0 aliphatic heterocycles. The van der Waals surface area contributed by atoms with Crippen LogP contribution < -0.4 is 19.7 Å². The number of ether oxygens (including phenoxy) is 2. The van der Waals surface area contributed by atoms with E-state index in [1.54, 1.807) is 24.3 Å². The fourth-order valence-electron chi connectivity index (χ4n) is 1.84. The summed E-state index contributed by atoms with van der Waals surface area (Å²) in [7, 11) is 3.01. The van der Waals surface area contributed by atoms with Gasteiger partial charge in [-0.1, -0.05) is 24.3 Å². The number of hydrogen-bond donors (Lipinski definition) is 2. The zero-order chi connectivity index (χ0) is 19.7. The van der Waals surface area contributed by atoms with Gasteiger partial charge in [0.25, 0.3) is 0 Å². The molecular formula is C18H18CaO8. The third-order valence-corrected chi connectivity index (χ3v) is 3.31. The molecule has 0 heterocycles. The van der Waals surface area contributed by atoms with E-state index in [1.165, 1.54) is 38.5 Å². The standard InChI is InChI=1S/2C9H10O4.Ca/c2*1-13-7-4-2-6(3-5-7)8(10)9(11)12;/h2*2-5,8,10H,1H3,(H,11,12);/q;;+2/p-2. The quantitative estimate of drug-likeness (QED) is 0.561. The molecule has 8 nitrogen and oxygen atoms in total. The normalized spacial score (nSPS) is 11.7. The van der Waals surface area contributed by atoms with E-state index in [-0.39, 0.29) is 48.9 Å². The molecule has 140 valence electrons. The molecule has 0 aliphatic carbocycles. The van der Waals surface area contributed by atoms with Gasteiger partial charge in [-0.05, 0) is 35.4 Å². The van der Waals surface area contributed by atoms with Gasteiger partial charge in [-0.25, -0.2) is 0 Å². The van der Waals surface area contributed by atoms with Crippen LogP contribution in [0.15, 0.2) is 48.5 Å². The van der Waals surface area contributed by atoms with Crippen LogP contribution in [0.2, 0.25) is 0 Å². The van der Waals surface area contributed by atoms with Crippen molar-refractivity contribution in [3.63, 3.8) is 0 Å². The van der Waals surface area contributed by atoms with Crippen LogP contribution in [0.4, 0.5) is 0 Å². The van der Waals surface area contributed by atoms with Gasteiger partial charge < -0.3 is 39.5 Å². The smallest absolute Gasteiger partial charge is 0.547 e. The Labute approximate surface area is 186 Å². The van der Waals surface area contributed by atoms with Crippen molar-refractivity contribution in [2.45, 2.75) is 12.2 Å². The predicted octanol–water partition coefficient (Wildman–Crippen LogP) is -1.42. The van der Waals surface area contributed by atoms with Gasteiger partial charge in [0.2, 0.25) is 0 Å². The first-order valence-electron chi connectivity index (χ1n) is 7.36. The van der Waals surface area contributed by atoms with E-state index < -0.39 is 24.1 Å². The fourth-order valence-corrected chi connectivity index (χ4v) is 1.84. The largest absolute Gasteiger partial charge is 2.00 e. The van der Waals surface area contributed by atoms with Gasteiger partial charge in [-0.2, -0.15) is 0 Å². The van der Waals surface area contributed by atoms with Crippen molar-refractivity contribution in [1.82, 2.24) is 0 Å². The zero-order valence-corrected chi connectivity index (χ0v) is 17.0. The molecular weight excluding hydrogens is 384 g/mol. The summed E-state index contributed by atoms with van der Waals surface area (Å²) in [5.41, 5.74) is 0.557. The topological polar surface area (TPSA) is 139 Å². The van der Waals surface area contributed by atoms with Crippen molar-refractivity contribution in [3.8, 4) is 11.5 Å². The summed E-state index contributed by atoms with van der Waals surface area (Å²) in [4.78, 5) is 20.5. The molecule has 0 amide bonds. The summed E-state index contributed by atoms with van der Waals surface area (Å²) in [6.45, 7) is 0. The Morgan fingerprint density at radius 3 is 1.19 bits per heavy atom. The summed E-state index contributed by atoms with van der Waals surface area (Å²) in [5, 5.41) is 38.6. The number of aliphatic hydroxyl groups excluding tert-OH is 2. The van der Waals surface area contributed by atoms with Gasteiger partial charge in [0.1, 0.15) is 23.7 Å². The Kier molecular flexibility index (Phi) is 11.7. The molecule has 2 unspecified atom stereocenters. The van der Waals surface area contributed by atoms with Crippen LogP contribution in [0.3, 0.4) is 0 Å². The summed E-state index contributed by atoms with van der Waals surface area (Å²) >= 11 is 0. The molecule has 2 N–H and O–H groups in total. The van der Waals surface area contributed by atoms with Crippen LogP contribution in [-0.4, -0.2) is 74.1 Å². The van der Waals surface area contributed by atoms with E-state index >= 15 is 0 Å². The van der Waals surface area contributed by atoms with Gasteiger partial charge in [-0.3, -0.25) is 0 Å². The summed E-state index contributed by atoms with van der Waals surface area (Å²) in [5.74, 6) is -1.81. The summed E-state index contributed by atoms with van der Waals surface area (Å²) < 4.78 is 9.73. The predicted molar refractivity (Wildman–Crippen MR) is 91.7 cm³/mol. The van der Waals surface area contributed by atoms with E-state index in [2.05, 4.69) is 0 Å². The van der Waals surface area contributed by atoms with E-state index in [0.717, 1.165) is 0 Å². The second-order valence-electron chi connectivity index (χ2n) is 4.99. The molecule has 2 aromatic carbocycles. The van der Waals surface area contributed by atoms with Gasteiger partial charge >= 0.3 is 37.7 Å². The van der Waals surface area contributed by atoms with E-state index in [9.17, 15) is 19.8 Å². The first-order valence-corrected chi connectivity index (χ1v) is 7.36. The molecule has 2 rings (SSSR count). The van der Waals surface area contributed by atoms with Crippen LogP contribution in [0, 0.1) is 0 Å². The molecule has 9 heteroatoms. The van der Waals surface area contributed by atoms with Gasteiger partial charge in [0.05, 0.1) is 26.2 Å². The maximum Gasteiger partial charge on any atom is 2.00 e. The molecule has 0 aliphatic rings. The number of hydrogen-bond acceptors (Lipinski definition) is 8. The number of carboxylic acids is 2. The van der Waals surface area contributed by atoms with Crippen LogP contribution in [0.1, 0.15) is 23.3 Å². The van der Waals surface area contributed by atoms with Crippen LogP contribution in [0.25, 0.3) is 0 Å². The molecule has 2 aromatic rings. The number of methoxy groups -OCH3 is 2. The van der Waals surface area contributed by atoms with Crippen molar-refractivity contribution in [1.29, 1.82) is 0 Å². The fraction of sp³-hybridized carbons (Fsp3) is 0.222. The average molecular weight is 402 g/mol. The number of aliphatic hydroxyl groups is 2.